The molecule has 0 bridgehead atoms. The molecule has 1 aromatic heterocycles. The molecule has 5 heteroatoms. The Morgan fingerprint density at radius 2 is 1.90 bits per heavy atom. The zero-order valence-electron chi connectivity index (χ0n) is 13.0. The number of rotatable bonds is 7. The maximum atomic E-state index is 11.3. The molecule has 20 heavy (non-hydrogen) atoms. The first-order chi connectivity index (χ1) is 9.31. The molecular formula is C15H25N3O2. The van der Waals surface area contributed by atoms with Gasteiger partial charge in [-0.1, -0.05) is 27.7 Å². The summed E-state index contributed by atoms with van der Waals surface area (Å²) in [4.78, 5) is 19.7. The van der Waals surface area contributed by atoms with Crippen LogP contribution in [-0.2, 0) is 0 Å². The molecule has 112 valence electrons. The lowest BCUT2D eigenvalue weighted by Crippen LogP contribution is -2.20. The monoisotopic (exact) mass is 279 g/mol. The normalized spacial score (nSPS) is 12.8. The van der Waals surface area contributed by atoms with Gasteiger partial charge in [0.1, 0.15) is 5.82 Å². The lowest BCUT2D eigenvalue weighted by molar-refractivity contribution is 0.0691. The minimum absolute atomic E-state index is 0.0556. The number of nitrogens with one attached hydrogen (secondary N) is 1. The zero-order valence-corrected chi connectivity index (χ0v) is 13.0. The van der Waals surface area contributed by atoms with Crippen molar-refractivity contribution in [2.24, 2.45) is 5.92 Å². The van der Waals surface area contributed by atoms with Gasteiger partial charge >= 0.3 is 5.97 Å². The number of hydrogen-bond donors (Lipinski definition) is 2. The molecule has 0 amide bonds. The minimum Gasteiger partial charge on any atom is -0.476 e. The summed E-state index contributed by atoms with van der Waals surface area (Å²) in [7, 11) is 0. The van der Waals surface area contributed by atoms with E-state index in [2.05, 4.69) is 29.1 Å². The standard InChI is InChI=1S/C15H25N3O2/c1-9(2)6-7-11(5)17-12-8-16-14(10(3)4)18-13(12)15(19)20/h8-11,17H,6-7H2,1-5H3,(H,19,20). The van der Waals surface area contributed by atoms with Gasteiger partial charge in [0.05, 0.1) is 11.9 Å². The number of aromatic carboxylic acids is 1. The van der Waals surface area contributed by atoms with E-state index in [1.54, 1.807) is 6.20 Å². The third-order valence-electron chi connectivity index (χ3n) is 3.11. The number of carboxylic acids is 1. The van der Waals surface area contributed by atoms with E-state index in [-0.39, 0.29) is 17.7 Å². The van der Waals surface area contributed by atoms with E-state index in [0.717, 1.165) is 12.8 Å². The lowest BCUT2D eigenvalue weighted by atomic mass is 10.0. The molecule has 0 aliphatic heterocycles. The molecule has 1 heterocycles. The van der Waals surface area contributed by atoms with Crippen molar-refractivity contribution in [1.82, 2.24) is 9.97 Å². The fraction of sp³-hybridized carbons (Fsp3) is 0.667. The van der Waals surface area contributed by atoms with Crippen LogP contribution in [0.3, 0.4) is 0 Å². The smallest absolute Gasteiger partial charge is 0.356 e. The van der Waals surface area contributed by atoms with Crippen molar-refractivity contribution >= 4 is 11.7 Å². The topological polar surface area (TPSA) is 75.1 Å². The van der Waals surface area contributed by atoms with E-state index in [0.29, 0.717) is 17.4 Å². The maximum Gasteiger partial charge on any atom is 0.356 e. The van der Waals surface area contributed by atoms with Gasteiger partial charge < -0.3 is 10.4 Å². The fourth-order valence-electron chi connectivity index (χ4n) is 1.86. The molecule has 0 saturated carbocycles. The quantitative estimate of drug-likeness (QED) is 0.798. The third kappa shape index (κ3) is 4.79. The molecule has 0 radical (unpaired) electrons. The SMILES string of the molecule is CC(C)CCC(C)Nc1cnc(C(C)C)nc1C(=O)O. The highest BCUT2D eigenvalue weighted by molar-refractivity contribution is 5.91. The summed E-state index contributed by atoms with van der Waals surface area (Å²) >= 11 is 0. The number of hydrogen-bond acceptors (Lipinski definition) is 4. The van der Waals surface area contributed by atoms with Crippen molar-refractivity contribution in [2.75, 3.05) is 5.32 Å². The Bertz CT molecular complexity index is 458. The van der Waals surface area contributed by atoms with Crippen LogP contribution >= 0.6 is 0 Å². The molecule has 1 unspecified atom stereocenters. The third-order valence-corrected chi connectivity index (χ3v) is 3.11. The first-order valence-electron chi connectivity index (χ1n) is 7.18. The average Bonchev–Trinajstić information content (AvgIpc) is 2.36. The molecule has 0 aromatic carbocycles. The van der Waals surface area contributed by atoms with Crippen LogP contribution in [0, 0.1) is 5.92 Å². The van der Waals surface area contributed by atoms with E-state index in [1.165, 1.54) is 0 Å². The molecule has 5 nitrogen and oxygen atoms in total. The van der Waals surface area contributed by atoms with E-state index in [1.807, 2.05) is 20.8 Å². The van der Waals surface area contributed by atoms with Crippen LogP contribution in [0.25, 0.3) is 0 Å². The molecule has 0 fully saturated rings. The first kappa shape index (κ1) is 16.4. The second kappa shape index (κ2) is 7.22. The summed E-state index contributed by atoms with van der Waals surface area (Å²) in [6, 6.07) is 0.198. The van der Waals surface area contributed by atoms with Gasteiger partial charge in [-0.15, -0.1) is 0 Å². The van der Waals surface area contributed by atoms with Crippen LogP contribution < -0.4 is 5.32 Å². The van der Waals surface area contributed by atoms with Crippen molar-refractivity contribution < 1.29 is 9.90 Å². The summed E-state index contributed by atoms with van der Waals surface area (Å²) in [5, 5.41) is 12.5. The van der Waals surface area contributed by atoms with E-state index < -0.39 is 5.97 Å². The van der Waals surface area contributed by atoms with Gasteiger partial charge in [0.15, 0.2) is 5.69 Å². The van der Waals surface area contributed by atoms with E-state index >= 15 is 0 Å². The van der Waals surface area contributed by atoms with Crippen LogP contribution in [-0.4, -0.2) is 27.1 Å². The number of carboxylic acid groups (broad SMARTS) is 1. The molecule has 2 N–H and O–H groups in total. The van der Waals surface area contributed by atoms with Gasteiger partial charge in [-0.25, -0.2) is 14.8 Å². The Morgan fingerprint density at radius 3 is 2.40 bits per heavy atom. The summed E-state index contributed by atoms with van der Waals surface area (Å²) in [6.07, 6.45) is 3.67. The van der Waals surface area contributed by atoms with Gasteiger partial charge in [-0.2, -0.15) is 0 Å². The molecule has 0 aliphatic carbocycles. The molecule has 1 atom stereocenters. The number of aromatic nitrogens is 2. The molecular weight excluding hydrogens is 254 g/mol. The Balaban J connectivity index is 2.86. The van der Waals surface area contributed by atoms with Crippen LogP contribution in [0.4, 0.5) is 5.69 Å². The molecule has 1 rings (SSSR count). The number of anilines is 1. The van der Waals surface area contributed by atoms with Crippen molar-refractivity contribution in [3.8, 4) is 0 Å². The molecule has 1 aromatic rings. The van der Waals surface area contributed by atoms with Crippen molar-refractivity contribution in [3.05, 3.63) is 17.7 Å². The predicted molar refractivity (Wildman–Crippen MR) is 80.2 cm³/mol. The molecule has 0 aliphatic rings. The van der Waals surface area contributed by atoms with Crippen molar-refractivity contribution in [2.45, 2.75) is 59.4 Å². The van der Waals surface area contributed by atoms with Crippen molar-refractivity contribution in [1.29, 1.82) is 0 Å². The van der Waals surface area contributed by atoms with Gasteiger partial charge in [-0.3, -0.25) is 0 Å². The minimum atomic E-state index is -1.02. The van der Waals surface area contributed by atoms with Crippen molar-refractivity contribution in [3.63, 3.8) is 0 Å². The first-order valence-corrected chi connectivity index (χ1v) is 7.18. The Kier molecular flexibility index (Phi) is 5.92. The zero-order chi connectivity index (χ0) is 15.3. The predicted octanol–water partition coefficient (Wildman–Crippen LogP) is 3.53. The number of nitrogens with zero attached hydrogens (tertiary/aromatic N) is 2. The van der Waals surface area contributed by atoms with Gasteiger partial charge in [-0.05, 0) is 25.7 Å². The average molecular weight is 279 g/mol. The van der Waals surface area contributed by atoms with Crippen LogP contribution in [0.5, 0.6) is 0 Å². The van der Waals surface area contributed by atoms with E-state index in [4.69, 9.17) is 0 Å². The van der Waals surface area contributed by atoms with Crippen LogP contribution in [0.2, 0.25) is 0 Å². The van der Waals surface area contributed by atoms with E-state index in [9.17, 15) is 9.90 Å². The largest absolute Gasteiger partial charge is 0.476 e. The highest BCUT2D eigenvalue weighted by Crippen LogP contribution is 2.18. The Morgan fingerprint density at radius 1 is 1.25 bits per heavy atom. The van der Waals surface area contributed by atoms with Crippen LogP contribution in [0.1, 0.15) is 69.7 Å². The summed E-state index contributed by atoms with van der Waals surface area (Å²) in [6.45, 7) is 10.3. The maximum absolute atomic E-state index is 11.3. The highest BCUT2D eigenvalue weighted by Gasteiger charge is 2.17. The Labute approximate surface area is 120 Å². The van der Waals surface area contributed by atoms with Gasteiger partial charge in [0.2, 0.25) is 0 Å². The Hall–Kier alpha value is -1.65. The summed E-state index contributed by atoms with van der Waals surface area (Å²) in [5.74, 6) is 0.286. The van der Waals surface area contributed by atoms with Gasteiger partial charge in [0.25, 0.3) is 0 Å². The fourth-order valence-corrected chi connectivity index (χ4v) is 1.86. The second-order valence-corrected chi connectivity index (χ2v) is 5.97. The van der Waals surface area contributed by atoms with Crippen LogP contribution in [0.15, 0.2) is 6.20 Å². The van der Waals surface area contributed by atoms with Gasteiger partial charge in [0, 0.05) is 12.0 Å². The second-order valence-electron chi connectivity index (χ2n) is 5.97. The number of carbonyl (C=O) groups is 1. The highest BCUT2D eigenvalue weighted by atomic mass is 16.4. The summed E-state index contributed by atoms with van der Waals surface area (Å²) < 4.78 is 0. The molecule has 0 saturated heterocycles. The summed E-state index contributed by atoms with van der Waals surface area (Å²) in [5.41, 5.74) is 0.554. The molecule has 0 spiro atoms. The lowest BCUT2D eigenvalue weighted by Gasteiger charge is -2.17.